The van der Waals surface area contributed by atoms with Crippen LogP contribution in [0.2, 0.25) is 0 Å². The van der Waals surface area contributed by atoms with E-state index in [1.807, 2.05) is 0 Å². The van der Waals surface area contributed by atoms with Crippen LogP contribution in [0.1, 0.15) is 25.7 Å². The zero-order valence-corrected chi connectivity index (χ0v) is 10.9. The first kappa shape index (κ1) is 12.7. The molecule has 1 aliphatic heterocycles. The molecular weight excluding hydrogens is 246 g/mol. The summed E-state index contributed by atoms with van der Waals surface area (Å²) in [4.78, 5) is 24.9. The van der Waals surface area contributed by atoms with E-state index in [9.17, 15) is 9.59 Å². The van der Waals surface area contributed by atoms with Gasteiger partial charge in [-0.05, 0) is 37.5 Å². The molecule has 5 nitrogen and oxygen atoms in total. The largest absolute Gasteiger partial charge is 0.480 e. The van der Waals surface area contributed by atoms with Gasteiger partial charge < -0.3 is 14.7 Å². The minimum Gasteiger partial charge on any atom is -0.480 e. The summed E-state index contributed by atoms with van der Waals surface area (Å²) in [6, 6.07) is -0.836. The van der Waals surface area contributed by atoms with Crippen LogP contribution in [-0.4, -0.2) is 47.7 Å². The maximum absolute atomic E-state index is 12.3. The summed E-state index contributed by atoms with van der Waals surface area (Å²) < 4.78 is 5.15. The molecule has 3 fully saturated rings. The van der Waals surface area contributed by atoms with Gasteiger partial charge in [0, 0.05) is 12.6 Å². The monoisotopic (exact) mass is 265 g/mol. The highest BCUT2D eigenvalue weighted by Crippen LogP contribution is 2.48. The molecule has 1 saturated heterocycles. The van der Waals surface area contributed by atoms with Crippen LogP contribution in [0.5, 0.6) is 0 Å². The van der Waals surface area contributed by atoms with E-state index in [0.29, 0.717) is 25.0 Å². The first-order valence-corrected chi connectivity index (χ1v) is 6.99. The molecule has 104 valence electrons. The van der Waals surface area contributed by atoms with Crippen molar-refractivity contribution in [1.29, 1.82) is 0 Å². The molecule has 0 unspecified atom stereocenters. The van der Waals surface area contributed by atoms with Crippen molar-refractivity contribution in [2.24, 2.45) is 11.8 Å². The number of allylic oxidation sites excluding steroid dienone is 1. The molecule has 0 aromatic heterocycles. The van der Waals surface area contributed by atoms with E-state index >= 15 is 0 Å². The predicted molar refractivity (Wildman–Crippen MR) is 67.5 cm³/mol. The molecule has 0 spiro atoms. The zero-order chi connectivity index (χ0) is 13.4. The molecule has 1 amide bonds. The van der Waals surface area contributed by atoms with Gasteiger partial charge in [-0.2, -0.15) is 0 Å². The zero-order valence-electron chi connectivity index (χ0n) is 10.9. The van der Waals surface area contributed by atoms with E-state index in [-0.39, 0.29) is 12.5 Å². The Morgan fingerprint density at radius 1 is 1.16 bits per heavy atom. The summed E-state index contributed by atoms with van der Waals surface area (Å²) in [6.45, 7) is 0.886. The van der Waals surface area contributed by atoms with Gasteiger partial charge in [-0.3, -0.25) is 4.79 Å². The standard InChI is InChI=1S/C14H19NO4/c16-13(7-11(9-1-2-9)10-3-4-10)15-5-6-19-8-12(15)14(17)18/h7,9-10,12H,1-6,8H2,(H,17,18)/t12-/m0/s1. The van der Waals surface area contributed by atoms with Crippen molar-refractivity contribution in [3.8, 4) is 0 Å². The Bertz CT molecular complexity index is 409. The van der Waals surface area contributed by atoms with Crippen LogP contribution in [0, 0.1) is 11.8 Å². The van der Waals surface area contributed by atoms with Crippen molar-refractivity contribution in [3.63, 3.8) is 0 Å². The van der Waals surface area contributed by atoms with Gasteiger partial charge in [0.1, 0.15) is 0 Å². The lowest BCUT2D eigenvalue weighted by Gasteiger charge is -2.32. The Morgan fingerprint density at radius 2 is 1.79 bits per heavy atom. The first-order valence-electron chi connectivity index (χ1n) is 6.99. The second-order valence-corrected chi connectivity index (χ2v) is 5.65. The fraction of sp³-hybridized carbons (Fsp3) is 0.714. The van der Waals surface area contributed by atoms with Crippen LogP contribution in [0.15, 0.2) is 11.6 Å². The highest BCUT2D eigenvalue weighted by Gasteiger charge is 2.38. The summed E-state index contributed by atoms with van der Waals surface area (Å²) in [5, 5.41) is 9.14. The third kappa shape index (κ3) is 2.81. The van der Waals surface area contributed by atoms with Gasteiger partial charge in [-0.15, -0.1) is 0 Å². The van der Waals surface area contributed by atoms with Crippen molar-refractivity contribution in [2.45, 2.75) is 31.7 Å². The van der Waals surface area contributed by atoms with Crippen LogP contribution in [0.4, 0.5) is 0 Å². The molecule has 3 rings (SSSR count). The number of morpholine rings is 1. The molecular formula is C14H19NO4. The molecule has 19 heavy (non-hydrogen) atoms. The van der Waals surface area contributed by atoms with Gasteiger partial charge in [-0.25, -0.2) is 4.79 Å². The van der Waals surface area contributed by atoms with Crippen LogP contribution in [0.3, 0.4) is 0 Å². The lowest BCUT2D eigenvalue weighted by atomic mass is 10.0. The minimum atomic E-state index is -0.985. The van der Waals surface area contributed by atoms with Crippen molar-refractivity contribution in [2.75, 3.05) is 19.8 Å². The third-order valence-corrected chi connectivity index (χ3v) is 4.08. The van der Waals surface area contributed by atoms with Gasteiger partial charge in [0.25, 0.3) is 0 Å². The number of carboxylic acids is 1. The summed E-state index contributed by atoms with van der Waals surface area (Å²) in [5.41, 5.74) is 1.26. The highest BCUT2D eigenvalue weighted by molar-refractivity contribution is 5.92. The molecule has 3 aliphatic rings. The van der Waals surface area contributed by atoms with E-state index in [1.54, 1.807) is 6.08 Å². The van der Waals surface area contributed by atoms with Crippen LogP contribution < -0.4 is 0 Å². The number of hydrogen-bond donors (Lipinski definition) is 1. The molecule has 1 heterocycles. The predicted octanol–water partition coefficient (Wildman–Crippen LogP) is 1.04. The van der Waals surface area contributed by atoms with Gasteiger partial charge in [0.2, 0.25) is 5.91 Å². The number of nitrogens with zero attached hydrogens (tertiary/aromatic N) is 1. The number of carboxylic acid groups (broad SMARTS) is 1. The number of ether oxygens (including phenoxy) is 1. The van der Waals surface area contributed by atoms with Crippen LogP contribution >= 0.6 is 0 Å². The number of aliphatic carboxylic acids is 1. The summed E-state index contributed by atoms with van der Waals surface area (Å²) in [5.74, 6) is 0.0341. The maximum Gasteiger partial charge on any atom is 0.328 e. The molecule has 2 saturated carbocycles. The second-order valence-electron chi connectivity index (χ2n) is 5.65. The quantitative estimate of drug-likeness (QED) is 0.771. The Kier molecular flexibility index (Phi) is 3.31. The Labute approximate surface area is 112 Å². The van der Waals surface area contributed by atoms with Crippen LogP contribution in [-0.2, 0) is 14.3 Å². The topological polar surface area (TPSA) is 66.8 Å². The van der Waals surface area contributed by atoms with E-state index in [2.05, 4.69) is 0 Å². The van der Waals surface area contributed by atoms with Crippen molar-refractivity contribution in [1.82, 2.24) is 4.90 Å². The summed E-state index contributed by atoms with van der Waals surface area (Å²) in [7, 11) is 0. The van der Waals surface area contributed by atoms with Gasteiger partial charge in [0.05, 0.1) is 13.2 Å². The molecule has 2 aliphatic carbocycles. The number of amides is 1. The van der Waals surface area contributed by atoms with Crippen molar-refractivity contribution in [3.05, 3.63) is 11.6 Å². The first-order chi connectivity index (χ1) is 9.16. The number of carbonyl (C=O) groups excluding carboxylic acids is 1. The molecule has 0 bridgehead atoms. The average molecular weight is 265 g/mol. The van der Waals surface area contributed by atoms with E-state index in [1.165, 1.54) is 36.2 Å². The van der Waals surface area contributed by atoms with Crippen LogP contribution in [0.25, 0.3) is 0 Å². The average Bonchev–Trinajstić information content (AvgIpc) is 3.29. The number of carbonyl (C=O) groups is 2. The van der Waals surface area contributed by atoms with Gasteiger partial charge in [0.15, 0.2) is 6.04 Å². The molecule has 1 atom stereocenters. The molecule has 5 heteroatoms. The smallest absolute Gasteiger partial charge is 0.328 e. The molecule has 0 radical (unpaired) electrons. The minimum absolute atomic E-state index is 0.0943. The summed E-state index contributed by atoms with van der Waals surface area (Å²) in [6.07, 6.45) is 6.45. The van der Waals surface area contributed by atoms with E-state index < -0.39 is 12.0 Å². The Balaban J connectivity index is 1.73. The van der Waals surface area contributed by atoms with Crippen molar-refractivity contribution < 1.29 is 19.4 Å². The fourth-order valence-electron chi connectivity index (χ4n) is 2.70. The Hall–Kier alpha value is -1.36. The summed E-state index contributed by atoms with van der Waals surface area (Å²) >= 11 is 0. The lowest BCUT2D eigenvalue weighted by Crippen LogP contribution is -2.52. The number of hydrogen-bond acceptors (Lipinski definition) is 3. The van der Waals surface area contributed by atoms with Gasteiger partial charge >= 0.3 is 5.97 Å². The normalized spacial score (nSPS) is 26.9. The lowest BCUT2D eigenvalue weighted by molar-refractivity contribution is -0.156. The molecule has 0 aromatic carbocycles. The second kappa shape index (κ2) is 4.96. The van der Waals surface area contributed by atoms with Crippen molar-refractivity contribution >= 4 is 11.9 Å². The highest BCUT2D eigenvalue weighted by atomic mass is 16.5. The Morgan fingerprint density at radius 3 is 2.32 bits per heavy atom. The molecule has 0 aromatic rings. The third-order valence-electron chi connectivity index (χ3n) is 4.08. The SMILES string of the molecule is O=C(O)[C@@H]1COCCN1C(=O)C=C(C1CC1)C1CC1. The maximum atomic E-state index is 12.3. The molecule has 1 N–H and O–H groups in total. The van der Waals surface area contributed by atoms with E-state index in [4.69, 9.17) is 9.84 Å². The number of rotatable bonds is 4. The fourth-order valence-corrected chi connectivity index (χ4v) is 2.70. The van der Waals surface area contributed by atoms with E-state index in [0.717, 1.165) is 0 Å². The van der Waals surface area contributed by atoms with Gasteiger partial charge in [-0.1, -0.05) is 5.57 Å².